The summed E-state index contributed by atoms with van der Waals surface area (Å²) in [4.78, 5) is 0. The Morgan fingerprint density at radius 3 is 2.56 bits per heavy atom. The zero-order valence-corrected chi connectivity index (χ0v) is 13.0. The van der Waals surface area contributed by atoms with Gasteiger partial charge in [0.15, 0.2) is 0 Å². The molecular weight excluding hydrogens is 290 g/mol. The molecule has 102 valence electrons. The molecule has 1 aromatic rings. The van der Waals surface area contributed by atoms with Crippen molar-refractivity contribution in [3.8, 4) is 0 Å². The lowest BCUT2D eigenvalue weighted by Gasteiger charge is -2.33. The van der Waals surface area contributed by atoms with Crippen LogP contribution >= 0.6 is 15.9 Å². The molecule has 0 bridgehead atoms. The van der Waals surface area contributed by atoms with E-state index in [9.17, 15) is 0 Å². The average molecular weight is 314 g/mol. The van der Waals surface area contributed by atoms with E-state index in [0.717, 1.165) is 28.6 Å². The first kappa shape index (κ1) is 14.1. The number of furan rings is 1. The summed E-state index contributed by atoms with van der Waals surface area (Å²) >= 11 is 3.60. The zero-order valence-electron chi connectivity index (χ0n) is 11.4. The highest BCUT2D eigenvalue weighted by atomic mass is 79.9. The summed E-state index contributed by atoms with van der Waals surface area (Å²) in [5.74, 6) is 2.75. The zero-order chi connectivity index (χ0) is 13.0. The number of halogens is 1. The van der Waals surface area contributed by atoms with Gasteiger partial charge < -0.3 is 9.73 Å². The molecule has 0 radical (unpaired) electrons. The van der Waals surface area contributed by atoms with E-state index in [2.05, 4.69) is 35.1 Å². The fraction of sp³-hybridized carbons (Fsp3) is 0.733. The van der Waals surface area contributed by atoms with Gasteiger partial charge in [0, 0.05) is 0 Å². The van der Waals surface area contributed by atoms with Crippen molar-refractivity contribution in [3.05, 3.63) is 22.6 Å². The van der Waals surface area contributed by atoms with Crippen LogP contribution in [-0.2, 0) is 0 Å². The van der Waals surface area contributed by atoms with Gasteiger partial charge in [-0.25, -0.2) is 0 Å². The van der Waals surface area contributed by atoms with Crippen LogP contribution in [0.4, 0.5) is 0 Å². The number of rotatable bonds is 5. The molecule has 1 aliphatic rings. The molecule has 1 aliphatic carbocycles. The van der Waals surface area contributed by atoms with E-state index in [1.165, 1.54) is 32.1 Å². The second kappa shape index (κ2) is 6.76. The lowest BCUT2D eigenvalue weighted by atomic mass is 9.77. The maximum absolute atomic E-state index is 5.68. The summed E-state index contributed by atoms with van der Waals surface area (Å²) in [6, 6.07) is 2.37. The fourth-order valence-electron chi connectivity index (χ4n) is 3.15. The number of hydrogen-bond donors (Lipinski definition) is 1. The van der Waals surface area contributed by atoms with Crippen LogP contribution in [-0.4, -0.2) is 6.54 Å². The van der Waals surface area contributed by atoms with E-state index in [4.69, 9.17) is 4.42 Å². The van der Waals surface area contributed by atoms with Gasteiger partial charge in [-0.15, -0.1) is 0 Å². The quantitative estimate of drug-likeness (QED) is 0.835. The minimum absolute atomic E-state index is 0.372. The highest BCUT2D eigenvalue weighted by molar-refractivity contribution is 9.10. The molecule has 3 heteroatoms. The van der Waals surface area contributed by atoms with Crippen molar-refractivity contribution < 1.29 is 4.42 Å². The molecule has 2 nitrogen and oxygen atoms in total. The van der Waals surface area contributed by atoms with Gasteiger partial charge in [0.25, 0.3) is 0 Å². The average Bonchev–Trinajstić information content (AvgIpc) is 2.82. The minimum atomic E-state index is 0.372. The summed E-state index contributed by atoms with van der Waals surface area (Å²) in [5.41, 5.74) is 0. The van der Waals surface area contributed by atoms with Crippen LogP contribution in [0.5, 0.6) is 0 Å². The van der Waals surface area contributed by atoms with Crippen LogP contribution in [0.15, 0.2) is 21.2 Å². The normalized spacial score (nSPS) is 26.2. The molecule has 1 heterocycles. The Balaban J connectivity index is 2.05. The third kappa shape index (κ3) is 3.18. The van der Waals surface area contributed by atoms with E-state index < -0.39 is 0 Å². The van der Waals surface area contributed by atoms with Gasteiger partial charge in [-0.05, 0) is 53.2 Å². The van der Waals surface area contributed by atoms with Crippen LogP contribution in [0.25, 0.3) is 0 Å². The SMILES string of the molecule is CCNC(c1occc1Br)C1CCC(CC)CC1. The largest absolute Gasteiger partial charge is 0.466 e. The maximum atomic E-state index is 5.68. The number of nitrogens with one attached hydrogen (secondary N) is 1. The molecule has 0 spiro atoms. The summed E-state index contributed by atoms with van der Waals surface area (Å²) in [6.45, 7) is 5.48. The van der Waals surface area contributed by atoms with Crippen LogP contribution in [0.2, 0.25) is 0 Å². The molecule has 1 N–H and O–H groups in total. The second-order valence-corrected chi connectivity index (χ2v) is 6.21. The van der Waals surface area contributed by atoms with Crippen molar-refractivity contribution in [2.45, 2.75) is 52.0 Å². The number of hydrogen-bond acceptors (Lipinski definition) is 2. The lowest BCUT2D eigenvalue weighted by Crippen LogP contribution is -2.31. The molecule has 1 fully saturated rings. The van der Waals surface area contributed by atoms with Gasteiger partial charge in [-0.3, -0.25) is 0 Å². The van der Waals surface area contributed by atoms with Crippen molar-refractivity contribution in [2.75, 3.05) is 6.54 Å². The van der Waals surface area contributed by atoms with E-state index in [1.807, 2.05) is 6.07 Å². The Hall–Kier alpha value is -0.280. The first-order valence-electron chi connectivity index (χ1n) is 7.22. The third-order valence-electron chi connectivity index (χ3n) is 4.29. The molecular formula is C15H24BrNO. The predicted octanol–water partition coefficient (Wildman–Crippen LogP) is 4.91. The molecule has 0 saturated heterocycles. The van der Waals surface area contributed by atoms with Gasteiger partial charge in [0.1, 0.15) is 5.76 Å². The smallest absolute Gasteiger partial charge is 0.135 e. The lowest BCUT2D eigenvalue weighted by molar-refractivity contribution is 0.203. The topological polar surface area (TPSA) is 25.2 Å². The minimum Gasteiger partial charge on any atom is -0.466 e. The Kier molecular flexibility index (Phi) is 5.31. The fourth-order valence-corrected chi connectivity index (χ4v) is 3.60. The summed E-state index contributed by atoms with van der Waals surface area (Å²) in [7, 11) is 0. The van der Waals surface area contributed by atoms with Crippen LogP contribution in [0, 0.1) is 11.8 Å². The Bertz CT molecular complexity index is 355. The molecule has 18 heavy (non-hydrogen) atoms. The van der Waals surface area contributed by atoms with Crippen molar-refractivity contribution in [1.29, 1.82) is 0 Å². The molecule has 0 amide bonds. The van der Waals surface area contributed by atoms with Crippen molar-refractivity contribution in [2.24, 2.45) is 11.8 Å². The Morgan fingerprint density at radius 2 is 2.06 bits per heavy atom. The van der Waals surface area contributed by atoms with Crippen molar-refractivity contribution in [1.82, 2.24) is 5.32 Å². The van der Waals surface area contributed by atoms with Gasteiger partial charge in [0.2, 0.25) is 0 Å². The van der Waals surface area contributed by atoms with E-state index >= 15 is 0 Å². The van der Waals surface area contributed by atoms with Crippen LogP contribution in [0.3, 0.4) is 0 Å². The molecule has 1 aromatic heterocycles. The van der Waals surface area contributed by atoms with Gasteiger partial charge in [-0.1, -0.05) is 33.1 Å². The van der Waals surface area contributed by atoms with Crippen molar-refractivity contribution in [3.63, 3.8) is 0 Å². The monoisotopic (exact) mass is 313 g/mol. The van der Waals surface area contributed by atoms with Crippen LogP contribution in [0.1, 0.15) is 57.8 Å². The van der Waals surface area contributed by atoms with Crippen molar-refractivity contribution >= 4 is 15.9 Å². The van der Waals surface area contributed by atoms with E-state index in [1.54, 1.807) is 6.26 Å². The van der Waals surface area contributed by atoms with E-state index in [-0.39, 0.29) is 0 Å². The highest BCUT2D eigenvalue weighted by Crippen LogP contribution is 2.40. The van der Waals surface area contributed by atoms with Gasteiger partial charge in [-0.2, -0.15) is 0 Å². The molecule has 2 rings (SSSR count). The first-order chi connectivity index (χ1) is 8.76. The first-order valence-corrected chi connectivity index (χ1v) is 8.01. The predicted molar refractivity (Wildman–Crippen MR) is 78.6 cm³/mol. The third-order valence-corrected chi connectivity index (χ3v) is 4.95. The molecule has 0 aliphatic heterocycles. The van der Waals surface area contributed by atoms with E-state index in [0.29, 0.717) is 6.04 Å². The maximum Gasteiger partial charge on any atom is 0.135 e. The molecule has 0 aromatic carbocycles. The molecule has 1 unspecified atom stereocenters. The summed E-state index contributed by atoms with van der Waals surface area (Å²) < 4.78 is 6.78. The summed E-state index contributed by atoms with van der Waals surface area (Å²) in [6.07, 6.45) is 8.51. The molecule has 1 saturated carbocycles. The Labute approximate surface area is 119 Å². The standard InChI is InChI=1S/C15H24BrNO/c1-3-11-5-7-12(8-6-11)14(17-4-2)15-13(16)9-10-18-15/h9-12,14,17H,3-8H2,1-2H3. The van der Waals surface area contributed by atoms with Gasteiger partial charge >= 0.3 is 0 Å². The summed E-state index contributed by atoms with van der Waals surface area (Å²) in [5, 5.41) is 3.60. The second-order valence-electron chi connectivity index (χ2n) is 5.36. The highest BCUT2D eigenvalue weighted by Gasteiger charge is 2.30. The molecule has 1 atom stereocenters. The Morgan fingerprint density at radius 1 is 1.33 bits per heavy atom. The van der Waals surface area contributed by atoms with Crippen LogP contribution < -0.4 is 5.32 Å². The van der Waals surface area contributed by atoms with Gasteiger partial charge in [0.05, 0.1) is 16.8 Å².